The zero-order valence-electron chi connectivity index (χ0n) is 15.2. The molecule has 0 bridgehead atoms. The number of hydrogen-bond acceptors (Lipinski definition) is 9. The first kappa shape index (κ1) is 22.5. The molecule has 1 aliphatic heterocycles. The van der Waals surface area contributed by atoms with Crippen LogP contribution in [0.3, 0.4) is 0 Å². The fourth-order valence-corrected chi connectivity index (χ4v) is 4.53. The SMILES string of the molecule is CO[C@](NC(=O)Cc1cccs1)(C(=O)O)[C@H]1NC(C(=O)O)=C(COC(N)=O)CS1. The van der Waals surface area contributed by atoms with E-state index in [1.807, 2.05) is 0 Å². The zero-order chi connectivity index (χ0) is 21.6. The maximum atomic E-state index is 12.4. The van der Waals surface area contributed by atoms with Crippen LogP contribution in [0.25, 0.3) is 0 Å². The molecule has 6 N–H and O–H groups in total. The van der Waals surface area contributed by atoms with E-state index in [4.69, 9.17) is 10.5 Å². The van der Waals surface area contributed by atoms with Gasteiger partial charge in [-0.3, -0.25) is 4.79 Å². The van der Waals surface area contributed by atoms with Gasteiger partial charge < -0.3 is 36.1 Å². The van der Waals surface area contributed by atoms with Crippen molar-refractivity contribution < 1.29 is 38.9 Å². The summed E-state index contributed by atoms with van der Waals surface area (Å²) in [4.78, 5) is 47.5. The minimum atomic E-state index is -2.24. The molecule has 2 rings (SSSR count). The lowest BCUT2D eigenvalue weighted by Gasteiger charge is -2.39. The minimum Gasteiger partial charge on any atom is -0.478 e. The molecule has 2 heterocycles. The van der Waals surface area contributed by atoms with Gasteiger partial charge in [0.1, 0.15) is 17.7 Å². The quantitative estimate of drug-likeness (QED) is 0.323. The Morgan fingerprint density at radius 2 is 2.10 bits per heavy atom. The van der Waals surface area contributed by atoms with E-state index in [0.29, 0.717) is 0 Å². The van der Waals surface area contributed by atoms with Gasteiger partial charge in [0.25, 0.3) is 5.72 Å². The van der Waals surface area contributed by atoms with Gasteiger partial charge in [-0.2, -0.15) is 0 Å². The molecule has 0 unspecified atom stereocenters. The number of primary amides is 1. The van der Waals surface area contributed by atoms with Crippen molar-refractivity contribution in [1.82, 2.24) is 10.6 Å². The van der Waals surface area contributed by atoms with Crippen LogP contribution in [0.15, 0.2) is 28.8 Å². The smallest absolute Gasteiger partial charge is 0.404 e. The Kier molecular flexibility index (Phi) is 7.47. The van der Waals surface area contributed by atoms with E-state index in [2.05, 4.69) is 15.4 Å². The van der Waals surface area contributed by atoms with Crippen LogP contribution in [0.2, 0.25) is 0 Å². The highest BCUT2D eigenvalue weighted by molar-refractivity contribution is 8.00. The maximum absolute atomic E-state index is 12.4. The second-order valence-electron chi connectivity index (χ2n) is 5.78. The van der Waals surface area contributed by atoms with E-state index in [0.717, 1.165) is 23.7 Å². The molecule has 0 fully saturated rings. The average molecular weight is 445 g/mol. The fraction of sp³-hybridized carbons (Fsp3) is 0.375. The van der Waals surface area contributed by atoms with Crippen molar-refractivity contribution in [3.63, 3.8) is 0 Å². The lowest BCUT2D eigenvalue weighted by Crippen LogP contribution is -2.67. The van der Waals surface area contributed by atoms with Crippen molar-refractivity contribution >= 4 is 47.0 Å². The number of amides is 2. The summed E-state index contributed by atoms with van der Waals surface area (Å²) in [6.07, 6.45) is -1.14. The summed E-state index contributed by atoms with van der Waals surface area (Å²) in [6, 6.07) is 3.48. The Bertz CT molecular complexity index is 826. The molecule has 0 spiro atoms. The lowest BCUT2D eigenvalue weighted by atomic mass is 10.1. The number of carboxylic acids is 2. The van der Waals surface area contributed by atoms with Crippen LogP contribution in [0.4, 0.5) is 4.79 Å². The molecule has 2 amide bonds. The molecule has 13 heteroatoms. The zero-order valence-corrected chi connectivity index (χ0v) is 16.8. The first-order chi connectivity index (χ1) is 13.7. The molecule has 0 radical (unpaired) electrons. The largest absolute Gasteiger partial charge is 0.478 e. The Morgan fingerprint density at radius 1 is 1.38 bits per heavy atom. The van der Waals surface area contributed by atoms with Crippen LogP contribution in [-0.2, 0) is 30.3 Å². The number of carbonyl (C=O) groups excluding carboxylic acids is 2. The summed E-state index contributed by atoms with van der Waals surface area (Å²) in [5.74, 6) is -3.50. The number of carboxylic acid groups (broad SMARTS) is 2. The second kappa shape index (κ2) is 9.62. The Morgan fingerprint density at radius 3 is 2.62 bits per heavy atom. The molecular formula is C16H19N3O8S2. The van der Waals surface area contributed by atoms with Gasteiger partial charge in [-0.05, 0) is 11.4 Å². The van der Waals surface area contributed by atoms with Gasteiger partial charge >= 0.3 is 18.0 Å². The molecule has 2 atom stereocenters. The third-order valence-electron chi connectivity index (χ3n) is 3.90. The fourth-order valence-electron chi connectivity index (χ4n) is 2.53. The van der Waals surface area contributed by atoms with Crippen LogP contribution >= 0.6 is 23.1 Å². The molecule has 1 aliphatic rings. The molecule has 1 aromatic heterocycles. The number of thiophene rings is 1. The first-order valence-electron chi connectivity index (χ1n) is 8.07. The third kappa shape index (κ3) is 5.40. The number of ether oxygens (including phenoxy) is 2. The Balaban J connectivity index is 2.25. The normalized spacial score (nSPS) is 18.3. The molecule has 0 aromatic carbocycles. The molecule has 0 saturated carbocycles. The summed E-state index contributed by atoms with van der Waals surface area (Å²) in [5.41, 5.74) is 2.49. The van der Waals surface area contributed by atoms with Gasteiger partial charge in [0.05, 0.1) is 6.42 Å². The summed E-state index contributed by atoms with van der Waals surface area (Å²) in [6.45, 7) is -0.374. The molecule has 1 aromatic rings. The van der Waals surface area contributed by atoms with E-state index in [-0.39, 0.29) is 30.1 Å². The molecule has 158 valence electrons. The van der Waals surface area contributed by atoms with Gasteiger partial charge in [0.15, 0.2) is 0 Å². The van der Waals surface area contributed by atoms with Crippen LogP contribution in [0, 0.1) is 0 Å². The third-order valence-corrected chi connectivity index (χ3v) is 6.08. The molecule has 0 saturated heterocycles. The van der Waals surface area contributed by atoms with E-state index in [1.165, 1.54) is 11.3 Å². The number of hydrogen-bond donors (Lipinski definition) is 5. The van der Waals surface area contributed by atoms with E-state index in [1.54, 1.807) is 17.5 Å². The molecular weight excluding hydrogens is 426 g/mol. The van der Waals surface area contributed by atoms with Gasteiger partial charge in [-0.15, -0.1) is 23.1 Å². The standard InChI is InChI=1S/C16H19N3O8S2/c1-26-16(14(23)24,19-10(20)5-9-3-2-4-28-9)13-18-11(12(21)22)8(7-29-13)6-27-15(17)25/h2-4,13,18H,5-7H2,1H3,(H2,17,25)(H,19,20)(H,21,22)(H,23,24)/t13-,16-/m0/s1. The number of nitrogens with one attached hydrogen (secondary N) is 2. The van der Waals surface area contributed by atoms with Crippen LogP contribution < -0.4 is 16.4 Å². The number of rotatable bonds is 9. The predicted molar refractivity (Wildman–Crippen MR) is 103 cm³/mol. The van der Waals surface area contributed by atoms with E-state index in [9.17, 15) is 29.4 Å². The molecule has 11 nitrogen and oxygen atoms in total. The van der Waals surface area contributed by atoms with Crippen molar-refractivity contribution in [3.05, 3.63) is 33.7 Å². The van der Waals surface area contributed by atoms with E-state index >= 15 is 0 Å². The van der Waals surface area contributed by atoms with Crippen LogP contribution in [0.1, 0.15) is 4.88 Å². The lowest BCUT2D eigenvalue weighted by molar-refractivity contribution is -0.171. The highest BCUT2D eigenvalue weighted by Gasteiger charge is 2.51. The summed E-state index contributed by atoms with van der Waals surface area (Å²) >= 11 is 2.31. The van der Waals surface area contributed by atoms with Gasteiger partial charge in [-0.25, -0.2) is 14.4 Å². The Hall–Kier alpha value is -2.77. The summed E-state index contributed by atoms with van der Waals surface area (Å²) in [7, 11) is 1.09. The molecule has 0 aliphatic carbocycles. The van der Waals surface area contributed by atoms with Crippen molar-refractivity contribution in [2.75, 3.05) is 19.5 Å². The van der Waals surface area contributed by atoms with Crippen molar-refractivity contribution in [2.45, 2.75) is 17.5 Å². The number of methoxy groups -OCH3 is 1. The summed E-state index contributed by atoms with van der Waals surface area (Å²) in [5, 5.41) is 24.7. The number of thioether (sulfide) groups is 1. The predicted octanol–water partition coefficient (Wildman–Crippen LogP) is -0.0694. The Labute approximate surface area is 173 Å². The van der Waals surface area contributed by atoms with Crippen LogP contribution in [-0.4, -0.2) is 64.7 Å². The second-order valence-corrected chi connectivity index (χ2v) is 7.90. The number of aliphatic carboxylic acids is 2. The van der Waals surface area contributed by atoms with Crippen LogP contribution in [0.5, 0.6) is 0 Å². The highest BCUT2D eigenvalue weighted by Crippen LogP contribution is 2.31. The maximum Gasteiger partial charge on any atom is 0.404 e. The number of carbonyl (C=O) groups is 4. The van der Waals surface area contributed by atoms with E-state index < -0.39 is 35.0 Å². The number of nitrogens with two attached hydrogens (primary N) is 1. The highest BCUT2D eigenvalue weighted by atomic mass is 32.2. The first-order valence-corrected chi connectivity index (χ1v) is 10.00. The van der Waals surface area contributed by atoms with Gasteiger partial charge in [0, 0.05) is 23.3 Å². The van der Waals surface area contributed by atoms with Crippen molar-refractivity contribution in [1.29, 1.82) is 0 Å². The topological polar surface area (TPSA) is 177 Å². The van der Waals surface area contributed by atoms with Crippen molar-refractivity contribution in [3.8, 4) is 0 Å². The van der Waals surface area contributed by atoms with Gasteiger partial charge in [0.2, 0.25) is 5.91 Å². The van der Waals surface area contributed by atoms with Crippen molar-refractivity contribution in [2.24, 2.45) is 5.73 Å². The summed E-state index contributed by atoms with van der Waals surface area (Å²) < 4.78 is 9.79. The molecule has 29 heavy (non-hydrogen) atoms. The average Bonchev–Trinajstić information content (AvgIpc) is 3.16. The van der Waals surface area contributed by atoms with Gasteiger partial charge in [-0.1, -0.05) is 6.07 Å². The minimum absolute atomic E-state index is 0.00572. The monoisotopic (exact) mass is 445 g/mol.